The number of halogens is 3. The largest absolute Gasteiger partial charge is 0.421 e. The van der Waals surface area contributed by atoms with E-state index in [2.05, 4.69) is 25.3 Å². The van der Waals surface area contributed by atoms with Gasteiger partial charge in [0, 0.05) is 30.5 Å². The molecule has 0 aliphatic carbocycles. The van der Waals surface area contributed by atoms with Crippen molar-refractivity contribution in [3.63, 3.8) is 0 Å². The first-order valence-corrected chi connectivity index (χ1v) is 9.64. The molecule has 5 N–H and O–H groups in total. The van der Waals surface area contributed by atoms with Crippen LogP contribution in [0.2, 0.25) is 0 Å². The highest BCUT2D eigenvalue weighted by Gasteiger charge is 2.35. The third kappa shape index (κ3) is 6.35. The molecule has 0 spiro atoms. The van der Waals surface area contributed by atoms with Crippen LogP contribution in [0.5, 0.6) is 0 Å². The Bertz CT molecular complexity index is 948. The predicted octanol–water partition coefficient (Wildman–Crippen LogP) is 1.30. The first-order valence-electron chi connectivity index (χ1n) is 7.75. The number of anilines is 3. The van der Waals surface area contributed by atoms with E-state index in [9.17, 15) is 26.4 Å². The van der Waals surface area contributed by atoms with Crippen LogP contribution in [0.3, 0.4) is 0 Å². The van der Waals surface area contributed by atoms with Gasteiger partial charge in [0.15, 0.2) is 0 Å². The molecule has 2 rings (SSSR count). The van der Waals surface area contributed by atoms with Gasteiger partial charge < -0.3 is 16.4 Å². The minimum absolute atomic E-state index is 0.125. The second-order valence-electron chi connectivity index (χ2n) is 5.61. The number of sulfonamides is 1. The number of alkyl halides is 3. The van der Waals surface area contributed by atoms with Gasteiger partial charge in [-0.25, -0.2) is 18.1 Å². The average molecular weight is 418 g/mol. The first-order chi connectivity index (χ1) is 13.0. The maximum Gasteiger partial charge on any atom is 0.421 e. The van der Waals surface area contributed by atoms with Crippen LogP contribution in [-0.2, 0) is 16.2 Å². The lowest BCUT2D eigenvalue weighted by molar-refractivity contribution is -0.137. The fraction of sp³-hybridized carbons (Fsp3) is 0.267. The molecule has 0 saturated heterocycles. The monoisotopic (exact) mass is 418 g/mol. The minimum Gasteiger partial charge on any atom is -0.368 e. The maximum absolute atomic E-state index is 13.1. The summed E-state index contributed by atoms with van der Waals surface area (Å²) >= 11 is 0. The normalized spacial score (nSPS) is 11.9. The molecule has 0 fully saturated rings. The molecule has 0 saturated carbocycles. The Balaban J connectivity index is 2.18. The second-order valence-corrected chi connectivity index (χ2v) is 7.45. The summed E-state index contributed by atoms with van der Waals surface area (Å²) in [5, 5.41) is 5.15. The molecule has 2 aromatic rings. The van der Waals surface area contributed by atoms with Crippen molar-refractivity contribution in [1.82, 2.24) is 14.7 Å². The maximum atomic E-state index is 13.1. The summed E-state index contributed by atoms with van der Waals surface area (Å²) in [6.45, 7) is -0.253. The van der Waals surface area contributed by atoms with E-state index < -0.39 is 33.5 Å². The number of nitrogens with one attached hydrogen (secondary N) is 3. The molecular weight excluding hydrogens is 401 g/mol. The van der Waals surface area contributed by atoms with Crippen molar-refractivity contribution in [2.45, 2.75) is 6.18 Å². The molecule has 0 aliphatic heterocycles. The molecule has 9 nitrogen and oxygen atoms in total. The zero-order chi connectivity index (χ0) is 20.9. The number of benzene rings is 1. The van der Waals surface area contributed by atoms with Gasteiger partial charge in [0.05, 0.1) is 6.26 Å². The lowest BCUT2D eigenvalue weighted by atomic mass is 10.2. The van der Waals surface area contributed by atoms with Crippen molar-refractivity contribution in [2.75, 3.05) is 30.0 Å². The summed E-state index contributed by atoms with van der Waals surface area (Å²) in [7, 11) is -3.47. The van der Waals surface area contributed by atoms with Crippen LogP contribution >= 0.6 is 0 Å². The molecule has 1 amide bonds. The smallest absolute Gasteiger partial charge is 0.368 e. The number of nitrogens with two attached hydrogens (primary N) is 1. The SMILES string of the molecule is CS(=O)(=O)NCCNc1nc(Nc2ccc(C(N)=O)cc2)ncc1C(F)(F)F. The topological polar surface area (TPSA) is 139 Å². The highest BCUT2D eigenvalue weighted by molar-refractivity contribution is 7.88. The van der Waals surface area contributed by atoms with Crippen molar-refractivity contribution in [2.24, 2.45) is 5.73 Å². The van der Waals surface area contributed by atoms with Crippen LogP contribution in [0.1, 0.15) is 15.9 Å². The quantitative estimate of drug-likeness (QED) is 0.474. The third-order valence-corrected chi connectivity index (χ3v) is 4.03. The number of aromatic nitrogens is 2. The molecule has 0 aliphatic rings. The molecule has 1 aromatic carbocycles. The van der Waals surface area contributed by atoms with Gasteiger partial charge in [0.1, 0.15) is 11.4 Å². The summed E-state index contributed by atoms with van der Waals surface area (Å²) in [5.74, 6) is -1.25. The summed E-state index contributed by atoms with van der Waals surface area (Å²) in [5.41, 5.74) is 4.73. The van der Waals surface area contributed by atoms with E-state index in [1.807, 2.05) is 0 Å². The zero-order valence-corrected chi connectivity index (χ0v) is 15.4. The van der Waals surface area contributed by atoms with Gasteiger partial charge in [-0.1, -0.05) is 0 Å². The van der Waals surface area contributed by atoms with Crippen molar-refractivity contribution in [3.05, 3.63) is 41.6 Å². The van der Waals surface area contributed by atoms with E-state index in [0.29, 0.717) is 11.9 Å². The number of hydrogen-bond donors (Lipinski definition) is 4. The second kappa shape index (κ2) is 8.39. The van der Waals surface area contributed by atoms with Crippen molar-refractivity contribution >= 4 is 33.4 Å². The van der Waals surface area contributed by atoms with Gasteiger partial charge in [0.2, 0.25) is 21.9 Å². The number of amides is 1. The molecular formula is C15H17F3N6O3S. The third-order valence-electron chi connectivity index (χ3n) is 3.30. The van der Waals surface area contributed by atoms with Crippen molar-refractivity contribution in [3.8, 4) is 0 Å². The molecule has 28 heavy (non-hydrogen) atoms. The van der Waals surface area contributed by atoms with Gasteiger partial charge in [-0.2, -0.15) is 18.2 Å². The Morgan fingerprint density at radius 1 is 1.18 bits per heavy atom. The molecule has 0 atom stereocenters. The molecule has 13 heteroatoms. The zero-order valence-electron chi connectivity index (χ0n) is 14.5. The van der Waals surface area contributed by atoms with E-state index >= 15 is 0 Å². The summed E-state index contributed by atoms with van der Waals surface area (Å²) in [4.78, 5) is 18.5. The van der Waals surface area contributed by atoms with Crippen LogP contribution in [0.25, 0.3) is 0 Å². The summed E-state index contributed by atoms with van der Waals surface area (Å²) in [6, 6.07) is 5.85. The number of carbonyl (C=O) groups is 1. The number of nitrogens with zero attached hydrogens (tertiary/aromatic N) is 2. The Kier molecular flexibility index (Phi) is 6.41. The van der Waals surface area contributed by atoms with E-state index in [0.717, 1.165) is 6.26 Å². The lowest BCUT2D eigenvalue weighted by Gasteiger charge is -2.15. The van der Waals surface area contributed by atoms with Gasteiger partial charge in [-0.15, -0.1) is 0 Å². The van der Waals surface area contributed by atoms with Gasteiger partial charge in [-0.3, -0.25) is 4.79 Å². The van der Waals surface area contributed by atoms with Crippen LogP contribution in [0.4, 0.5) is 30.6 Å². The molecule has 1 heterocycles. The number of primary amides is 1. The number of rotatable bonds is 8. The number of carbonyl (C=O) groups excluding carboxylic acids is 1. The van der Waals surface area contributed by atoms with Crippen molar-refractivity contribution in [1.29, 1.82) is 0 Å². The molecule has 0 radical (unpaired) electrons. The van der Waals surface area contributed by atoms with Crippen molar-refractivity contribution < 1.29 is 26.4 Å². The van der Waals surface area contributed by atoms with Gasteiger partial charge >= 0.3 is 6.18 Å². The van der Waals surface area contributed by atoms with E-state index in [1.165, 1.54) is 24.3 Å². The fourth-order valence-corrected chi connectivity index (χ4v) is 2.52. The molecule has 0 unspecified atom stereocenters. The Hall–Kier alpha value is -2.93. The van der Waals surface area contributed by atoms with E-state index in [1.54, 1.807) is 0 Å². The average Bonchev–Trinajstić information content (AvgIpc) is 2.57. The van der Waals surface area contributed by atoms with Crippen LogP contribution in [0.15, 0.2) is 30.5 Å². The van der Waals surface area contributed by atoms with Crippen LogP contribution < -0.4 is 21.1 Å². The minimum atomic E-state index is -4.70. The standard InChI is InChI=1S/C15H17F3N6O3S/c1-28(26,27)22-7-6-20-13-11(15(16,17)18)8-21-14(24-13)23-10-4-2-9(3-5-10)12(19)25/h2-5,8,22H,6-7H2,1H3,(H2,19,25)(H2,20,21,23,24). The predicted molar refractivity (Wildman–Crippen MR) is 96.6 cm³/mol. The van der Waals surface area contributed by atoms with Gasteiger partial charge in [-0.05, 0) is 24.3 Å². The van der Waals surface area contributed by atoms with Crippen LogP contribution in [-0.4, -0.2) is 43.6 Å². The summed E-state index contributed by atoms with van der Waals surface area (Å²) in [6.07, 6.45) is -3.15. The summed E-state index contributed by atoms with van der Waals surface area (Å²) < 4.78 is 63.6. The van der Waals surface area contributed by atoms with Gasteiger partial charge in [0.25, 0.3) is 0 Å². The molecule has 1 aromatic heterocycles. The fourth-order valence-electron chi connectivity index (χ4n) is 2.05. The Morgan fingerprint density at radius 3 is 2.36 bits per heavy atom. The highest BCUT2D eigenvalue weighted by Crippen LogP contribution is 2.34. The first kappa shape index (κ1) is 21.4. The molecule has 0 bridgehead atoms. The van der Waals surface area contributed by atoms with E-state index in [-0.39, 0.29) is 24.6 Å². The van der Waals surface area contributed by atoms with E-state index in [4.69, 9.17) is 5.73 Å². The molecule has 152 valence electrons. The Labute approximate surface area is 158 Å². The highest BCUT2D eigenvalue weighted by atomic mass is 32.2. The number of hydrogen-bond acceptors (Lipinski definition) is 7. The Morgan fingerprint density at radius 2 is 1.82 bits per heavy atom. The van der Waals surface area contributed by atoms with Crippen LogP contribution in [0, 0.1) is 0 Å². The lowest BCUT2D eigenvalue weighted by Crippen LogP contribution is -2.28.